The Hall–Kier alpha value is -2.29. The molecule has 2 aromatic rings. The predicted octanol–water partition coefficient (Wildman–Crippen LogP) is 5.30. The Morgan fingerprint density at radius 1 is 0.920 bits per heavy atom. The molecule has 0 aromatic heterocycles. The Labute approximate surface area is 151 Å². The van der Waals surface area contributed by atoms with Gasteiger partial charge in [0.2, 0.25) is 0 Å². The summed E-state index contributed by atoms with van der Waals surface area (Å²) in [5, 5.41) is 2.84. The molecule has 0 spiro atoms. The second-order valence-corrected chi connectivity index (χ2v) is 8.41. The van der Waals surface area contributed by atoms with Crippen molar-refractivity contribution in [2.45, 2.75) is 52.4 Å². The fraction of sp³-hybridized carbons (Fsp3) is 0.409. The largest absolute Gasteiger partial charge is 0.483 e. The van der Waals surface area contributed by atoms with Crippen molar-refractivity contribution in [2.24, 2.45) is 0 Å². The van der Waals surface area contributed by atoms with E-state index in [0.717, 1.165) is 17.0 Å². The van der Waals surface area contributed by atoms with Gasteiger partial charge >= 0.3 is 0 Å². The van der Waals surface area contributed by atoms with Crippen LogP contribution in [0, 0.1) is 0 Å². The summed E-state index contributed by atoms with van der Waals surface area (Å²) in [6.07, 6.45) is 0. The van der Waals surface area contributed by atoms with Gasteiger partial charge in [0.15, 0.2) is 6.61 Å². The third-order valence-electron chi connectivity index (χ3n) is 4.07. The van der Waals surface area contributed by atoms with Gasteiger partial charge in [-0.15, -0.1) is 0 Å². The summed E-state index contributed by atoms with van der Waals surface area (Å²) >= 11 is 0. The van der Waals surface area contributed by atoms with Crippen LogP contribution in [0.1, 0.15) is 52.7 Å². The van der Waals surface area contributed by atoms with E-state index in [1.807, 2.05) is 36.4 Å². The molecule has 0 saturated heterocycles. The zero-order chi connectivity index (χ0) is 18.7. The normalized spacial score (nSPS) is 11.9. The fourth-order valence-electron chi connectivity index (χ4n) is 2.57. The van der Waals surface area contributed by atoms with Gasteiger partial charge < -0.3 is 10.1 Å². The SMILES string of the molecule is CC(C)(C)c1ccc(OCC(=O)Nc2ccccc2)c(C(C)(C)C)c1. The van der Waals surface area contributed by atoms with Crippen molar-refractivity contribution in [3.05, 3.63) is 59.7 Å². The zero-order valence-electron chi connectivity index (χ0n) is 16.1. The quantitative estimate of drug-likeness (QED) is 0.821. The average Bonchev–Trinajstić information content (AvgIpc) is 2.52. The van der Waals surface area contributed by atoms with E-state index in [2.05, 4.69) is 59.0 Å². The highest BCUT2D eigenvalue weighted by Crippen LogP contribution is 2.35. The summed E-state index contributed by atoms with van der Waals surface area (Å²) < 4.78 is 5.85. The highest BCUT2D eigenvalue weighted by molar-refractivity contribution is 5.91. The highest BCUT2D eigenvalue weighted by atomic mass is 16.5. The minimum absolute atomic E-state index is 0.00710. The van der Waals surface area contributed by atoms with Gasteiger partial charge in [0.25, 0.3) is 5.91 Å². The van der Waals surface area contributed by atoms with E-state index in [-0.39, 0.29) is 23.3 Å². The lowest BCUT2D eigenvalue weighted by atomic mass is 9.80. The first-order valence-corrected chi connectivity index (χ1v) is 8.70. The van der Waals surface area contributed by atoms with Gasteiger partial charge in [-0.1, -0.05) is 71.9 Å². The van der Waals surface area contributed by atoms with Crippen LogP contribution in [0.4, 0.5) is 5.69 Å². The first kappa shape index (κ1) is 19.0. The molecular weight excluding hydrogens is 310 g/mol. The first-order chi connectivity index (χ1) is 11.6. The van der Waals surface area contributed by atoms with Crippen molar-refractivity contribution in [3.63, 3.8) is 0 Å². The molecule has 0 aliphatic heterocycles. The van der Waals surface area contributed by atoms with Gasteiger partial charge in [0.1, 0.15) is 5.75 Å². The van der Waals surface area contributed by atoms with Crippen LogP contribution >= 0.6 is 0 Å². The molecule has 25 heavy (non-hydrogen) atoms. The minimum atomic E-state index is -0.161. The monoisotopic (exact) mass is 339 g/mol. The standard InChI is InChI=1S/C22H29NO2/c1-21(2,3)16-12-13-19(18(14-16)22(4,5)6)25-15-20(24)23-17-10-8-7-9-11-17/h7-14H,15H2,1-6H3,(H,23,24). The summed E-state index contributed by atoms with van der Waals surface area (Å²) in [6, 6.07) is 15.7. The van der Waals surface area contributed by atoms with Crippen molar-refractivity contribution in [3.8, 4) is 5.75 Å². The number of para-hydroxylation sites is 1. The maximum Gasteiger partial charge on any atom is 0.262 e. The number of anilines is 1. The first-order valence-electron chi connectivity index (χ1n) is 8.70. The van der Waals surface area contributed by atoms with Crippen LogP contribution < -0.4 is 10.1 Å². The third kappa shape index (κ3) is 5.35. The van der Waals surface area contributed by atoms with Crippen LogP contribution in [0.5, 0.6) is 5.75 Å². The van der Waals surface area contributed by atoms with Crippen LogP contribution in [-0.4, -0.2) is 12.5 Å². The predicted molar refractivity (Wildman–Crippen MR) is 104 cm³/mol. The van der Waals surface area contributed by atoms with Crippen LogP contribution in [0.2, 0.25) is 0 Å². The van der Waals surface area contributed by atoms with Gasteiger partial charge in [-0.25, -0.2) is 0 Å². The molecular formula is C22H29NO2. The number of carbonyl (C=O) groups excluding carboxylic acids is 1. The number of carbonyl (C=O) groups is 1. The number of hydrogen-bond acceptors (Lipinski definition) is 2. The lowest BCUT2D eigenvalue weighted by molar-refractivity contribution is -0.118. The summed E-state index contributed by atoms with van der Waals surface area (Å²) in [5.41, 5.74) is 3.16. The van der Waals surface area contributed by atoms with Crippen LogP contribution in [0.25, 0.3) is 0 Å². The molecule has 0 heterocycles. The molecule has 2 rings (SSSR count). The third-order valence-corrected chi connectivity index (χ3v) is 4.07. The molecule has 0 aliphatic rings. The molecule has 3 nitrogen and oxygen atoms in total. The Bertz CT molecular complexity index is 722. The molecule has 134 valence electrons. The maximum atomic E-state index is 12.1. The summed E-state index contributed by atoms with van der Waals surface area (Å²) in [6.45, 7) is 13.1. The molecule has 0 saturated carbocycles. The van der Waals surface area contributed by atoms with E-state index in [1.54, 1.807) is 0 Å². The van der Waals surface area contributed by atoms with E-state index in [1.165, 1.54) is 5.56 Å². The molecule has 0 radical (unpaired) electrons. The lowest BCUT2D eigenvalue weighted by Gasteiger charge is -2.27. The topological polar surface area (TPSA) is 38.3 Å². The number of rotatable bonds is 4. The van der Waals surface area contributed by atoms with Crippen LogP contribution in [-0.2, 0) is 15.6 Å². The van der Waals surface area contributed by atoms with Crippen molar-refractivity contribution < 1.29 is 9.53 Å². The van der Waals surface area contributed by atoms with Crippen LogP contribution in [0.3, 0.4) is 0 Å². The van der Waals surface area contributed by atoms with Crippen molar-refractivity contribution in [1.29, 1.82) is 0 Å². The number of amides is 1. The molecule has 2 aromatic carbocycles. The Morgan fingerprint density at radius 2 is 1.56 bits per heavy atom. The van der Waals surface area contributed by atoms with E-state index >= 15 is 0 Å². The van der Waals surface area contributed by atoms with E-state index < -0.39 is 0 Å². The molecule has 1 amide bonds. The lowest BCUT2D eigenvalue weighted by Crippen LogP contribution is -2.22. The van der Waals surface area contributed by atoms with Gasteiger partial charge in [-0.05, 0) is 40.2 Å². The summed E-state index contributed by atoms with van der Waals surface area (Å²) in [7, 11) is 0. The maximum absolute atomic E-state index is 12.1. The summed E-state index contributed by atoms with van der Waals surface area (Å²) in [4.78, 5) is 12.1. The number of benzene rings is 2. The van der Waals surface area contributed by atoms with E-state index in [0.29, 0.717) is 0 Å². The van der Waals surface area contributed by atoms with Gasteiger partial charge in [-0.2, -0.15) is 0 Å². The van der Waals surface area contributed by atoms with Crippen LogP contribution in [0.15, 0.2) is 48.5 Å². The van der Waals surface area contributed by atoms with Gasteiger partial charge in [-0.3, -0.25) is 4.79 Å². The number of hydrogen-bond donors (Lipinski definition) is 1. The highest BCUT2D eigenvalue weighted by Gasteiger charge is 2.23. The van der Waals surface area contributed by atoms with E-state index in [4.69, 9.17) is 4.74 Å². The van der Waals surface area contributed by atoms with E-state index in [9.17, 15) is 4.79 Å². The molecule has 0 unspecified atom stereocenters. The minimum Gasteiger partial charge on any atom is -0.483 e. The zero-order valence-corrected chi connectivity index (χ0v) is 16.1. The Kier molecular flexibility index (Phi) is 5.56. The summed E-state index contributed by atoms with van der Waals surface area (Å²) in [5.74, 6) is 0.606. The molecule has 0 fully saturated rings. The molecule has 0 bridgehead atoms. The van der Waals surface area contributed by atoms with Crippen molar-refractivity contribution in [2.75, 3.05) is 11.9 Å². The van der Waals surface area contributed by atoms with Gasteiger partial charge in [0.05, 0.1) is 0 Å². The smallest absolute Gasteiger partial charge is 0.262 e. The molecule has 3 heteroatoms. The fourth-order valence-corrected chi connectivity index (χ4v) is 2.57. The van der Waals surface area contributed by atoms with Crippen molar-refractivity contribution in [1.82, 2.24) is 0 Å². The molecule has 1 N–H and O–H groups in total. The number of nitrogens with one attached hydrogen (secondary N) is 1. The Morgan fingerprint density at radius 3 is 2.12 bits per heavy atom. The second-order valence-electron chi connectivity index (χ2n) is 8.41. The van der Waals surface area contributed by atoms with Crippen molar-refractivity contribution >= 4 is 11.6 Å². The van der Waals surface area contributed by atoms with Gasteiger partial charge in [0, 0.05) is 5.69 Å². The molecule has 0 atom stereocenters. The second kappa shape index (κ2) is 7.30. The average molecular weight is 339 g/mol. The Balaban J connectivity index is 2.14. The molecule has 0 aliphatic carbocycles. The number of ether oxygens (including phenoxy) is 1.